The van der Waals surface area contributed by atoms with Gasteiger partial charge in [0.2, 0.25) is 0 Å². The SMILES string of the molecule is COc1ccc(NC(=O)c2cc(OC)c(OC(F)F)cc2[N+](=O)[O-])cc1Cc1ccccc1. The highest BCUT2D eigenvalue weighted by Crippen LogP contribution is 2.36. The summed E-state index contributed by atoms with van der Waals surface area (Å²) in [6.07, 6.45) is 0.529. The molecule has 0 atom stereocenters. The predicted molar refractivity (Wildman–Crippen MR) is 116 cm³/mol. The third kappa shape index (κ3) is 5.73. The molecule has 0 aliphatic heterocycles. The lowest BCUT2D eigenvalue weighted by Crippen LogP contribution is -2.15. The van der Waals surface area contributed by atoms with Gasteiger partial charge in [0.15, 0.2) is 11.5 Å². The smallest absolute Gasteiger partial charge is 0.387 e. The van der Waals surface area contributed by atoms with Gasteiger partial charge in [-0.25, -0.2) is 0 Å². The first-order chi connectivity index (χ1) is 15.8. The summed E-state index contributed by atoms with van der Waals surface area (Å²) < 4.78 is 39.9. The summed E-state index contributed by atoms with van der Waals surface area (Å²) >= 11 is 0. The molecule has 0 unspecified atom stereocenters. The van der Waals surface area contributed by atoms with E-state index in [1.807, 2.05) is 30.3 Å². The van der Waals surface area contributed by atoms with Gasteiger partial charge in [-0.1, -0.05) is 30.3 Å². The quantitative estimate of drug-likeness (QED) is 0.356. The van der Waals surface area contributed by atoms with Gasteiger partial charge < -0.3 is 19.5 Å². The molecular formula is C23H20F2N2O6. The molecule has 0 saturated carbocycles. The van der Waals surface area contributed by atoms with E-state index in [9.17, 15) is 23.7 Å². The van der Waals surface area contributed by atoms with Crippen molar-refractivity contribution in [2.75, 3.05) is 19.5 Å². The van der Waals surface area contributed by atoms with E-state index in [0.717, 1.165) is 23.3 Å². The summed E-state index contributed by atoms with van der Waals surface area (Å²) in [6, 6.07) is 16.3. The van der Waals surface area contributed by atoms with Gasteiger partial charge in [0.25, 0.3) is 11.6 Å². The minimum Gasteiger partial charge on any atom is -0.496 e. The summed E-state index contributed by atoms with van der Waals surface area (Å²) in [5.41, 5.74) is 1.09. The van der Waals surface area contributed by atoms with E-state index < -0.39 is 28.9 Å². The molecule has 0 saturated heterocycles. The van der Waals surface area contributed by atoms with Crippen molar-refractivity contribution in [2.45, 2.75) is 13.0 Å². The van der Waals surface area contributed by atoms with Crippen LogP contribution >= 0.6 is 0 Å². The average Bonchev–Trinajstić information content (AvgIpc) is 2.79. The fourth-order valence-electron chi connectivity index (χ4n) is 3.24. The molecule has 0 fully saturated rings. The van der Waals surface area contributed by atoms with E-state index in [1.54, 1.807) is 18.2 Å². The molecule has 0 aliphatic carbocycles. The van der Waals surface area contributed by atoms with Crippen molar-refractivity contribution in [3.63, 3.8) is 0 Å². The number of alkyl halides is 2. The number of benzene rings is 3. The number of methoxy groups -OCH3 is 2. The fraction of sp³-hybridized carbons (Fsp3) is 0.174. The molecule has 10 heteroatoms. The molecular weight excluding hydrogens is 438 g/mol. The third-order valence-corrected chi connectivity index (χ3v) is 4.72. The maximum Gasteiger partial charge on any atom is 0.387 e. The van der Waals surface area contributed by atoms with Crippen molar-refractivity contribution >= 4 is 17.3 Å². The highest BCUT2D eigenvalue weighted by atomic mass is 19.3. The Morgan fingerprint density at radius 3 is 2.30 bits per heavy atom. The predicted octanol–water partition coefficient (Wildman–Crippen LogP) is 5.06. The number of carbonyl (C=O) groups excluding carboxylic acids is 1. The average molecular weight is 458 g/mol. The number of nitrogens with one attached hydrogen (secondary N) is 1. The zero-order valence-electron chi connectivity index (χ0n) is 17.7. The first kappa shape index (κ1) is 23.5. The first-order valence-corrected chi connectivity index (χ1v) is 9.65. The van der Waals surface area contributed by atoms with Gasteiger partial charge >= 0.3 is 6.61 Å². The van der Waals surface area contributed by atoms with Crippen LogP contribution in [0.25, 0.3) is 0 Å². The van der Waals surface area contributed by atoms with Gasteiger partial charge in [0.05, 0.1) is 25.2 Å². The molecule has 33 heavy (non-hydrogen) atoms. The Morgan fingerprint density at radius 2 is 1.70 bits per heavy atom. The Hall–Kier alpha value is -4.21. The molecule has 0 bridgehead atoms. The minimum atomic E-state index is -3.22. The Bertz CT molecular complexity index is 1160. The number of rotatable bonds is 9. The van der Waals surface area contributed by atoms with Crippen LogP contribution < -0.4 is 19.5 Å². The Morgan fingerprint density at radius 1 is 1.00 bits per heavy atom. The lowest BCUT2D eigenvalue weighted by atomic mass is 10.0. The summed E-state index contributed by atoms with van der Waals surface area (Å²) in [6.45, 7) is -3.22. The first-order valence-electron chi connectivity index (χ1n) is 9.65. The number of carbonyl (C=O) groups is 1. The van der Waals surface area contributed by atoms with Crippen LogP contribution in [0.15, 0.2) is 60.7 Å². The van der Waals surface area contributed by atoms with Crippen molar-refractivity contribution in [1.82, 2.24) is 0 Å². The second kappa shape index (κ2) is 10.4. The van der Waals surface area contributed by atoms with Crippen molar-refractivity contribution in [3.05, 3.63) is 87.5 Å². The second-order valence-electron chi connectivity index (χ2n) is 6.80. The van der Waals surface area contributed by atoms with Gasteiger partial charge in [0.1, 0.15) is 11.3 Å². The van der Waals surface area contributed by atoms with E-state index in [2.05, 4.69) is 10.1 Å². The van der Waals surface area contributed by atoms with E-state index >= 15 is 0 Å². The van der Waals surface area contributed by atoms with Crippen molar-refractivity contribution < 1.29 is 32.7 Å². The maximum atomic E-state index is 12.9. The van der Waals surface area contributed by atoms with E-state index in [-0.39, 0.29) is 11.3 Å². The Kier molecular flexibility index (Phi) is 7.39. The van der Waals surface area contributed by atoms with E-state index in [0.29, 0.717) is 17.9 Å². The summed E-state index contributed by atoms with van der Waals surface area (Å²) in [7, 11) is 2.70. The van der Waals surface area contributed by atoms with E-state index in [1.165, 1.54) is 14.2 Å². The topological polar surface area (TPSA) is 99.9 Å². The number of nitrogens with zero attached hydrogens (tertiary/aromatic N) is 1. The highest BCUT2D eigenvalue weighted by Gasteiger charge is 2.26. The lowest BCUT2D eigenvalue weighted by Gasteiger charge is -2.14. The van der Waals surface area contributed by atoms with Crippen LogP contribution in [0.2, 0.25) is 0 Å². The van der Waals surface area contributed by atoms with Crippen LogP contribution in [0.3, 0.4) is 0 Å². The van der Waals surface area contributed by atoms with Gasteiger partial charge in [-0.15, -0.1) is 0 Å². The van der Waals surface area contributed by atoms with E-state index in [4.69, 9.17) is 9.47 Å². The molecule has 3 rings (SSSR count). The molecule has 1 amide bonds. The van der Waals surface area contributed by atoms with Gasteiger partial charge in [-0.2, -0.15) is 8.78 Å². The Labute approximate surface area is 187 Å². The summed E-state index contributed by atoms with van der Waals surface area (Å²) in [5, 5.41) is 14.1. The number of amides is 1. The largest absolute Gasteiger partial charge is 0.496 e. The van der Waals surface area contributed by atoms with Crippen molar-refractivity contribution in [1.29, 1.82) is 0 Å². The molecule has 0 radical (unpaired) electrons. The summed E-state index contributed by atoms with van der Waals surface area (Å²) in [4.78, 5) is 23.5. The van der Waals surface area contributed by atoms with Gasteiger partial charge in [0, 0.05) is 23.7 Å². The molecule has 0 aliphatic rings. The number of hydrogen-bond donors (Lipinski definition) is 1. The zero-order valence-corrected chi connectivity index (χ0v) is 17.7. The monoisotopic (exact) mass is 458 g/mol. The van der Waals surface area contributed by atoms with Gasteiger partial charge in [-0.3, -0.25) is 14.9 Å². The van der Waals surface area contributed by atoms with Gasteiger partial charge in [-0.05, 0) is 23.8 Å². The third-order valence-electron chi connectivity index (χ3n) is 4.72. The standard InChI is InChI=1S/C23H20F2N2O6/c1-31-19-9-8-16(11-15(19)10-14-6-4-3-5-7-14)26-22(28)17-12-20(32-2)21(33-23(24)25)13-18(17)27(29)30/h3-9,11-13,23H,10H2,1-2H3,(H,26,28). The van der Waals surface area contributed by atoms with Crippen LogP contribution in [0, 0.1) is 10.1 Å². The zero-order chi connectivity index (χ0) is 24.0. The minimum absolute atomic E-state index is 0.245. The second-order valence-corrected chi connectivity index (χ2v) is 6.80. The van der Waals surface area contributed by atoms with Crippen molar-refractivity contribution in [3.8, 4) is 17.2 Å². The molecule has 3 aromatic carbocycles. The van der Waals surface area contributed by atoms with Crippen LogP contribution in [-0.4, -0.2) is 31.7 Å². The number of nitro groups is 1. The lowest BCUT2D eigenvalue weighted by molar-refractivity contribution is -0.385. The molecule has 1 N–H and O–H groups in total. The normalized spacial score (nSPS) is 10.6. The molecule has 3 aromatic rings. The maximum absolute atomic E-state index is 12.9. The van der Waals surface area contributed by atoms with Crippen LogP contribution in [0.5, 0.6) is 17.2 Å². The van der Waals surface area contributed by atoms with Crippen LogP contribution in [-0.2, 0) is 6.42 Å². The number of nitro benzene ring substituents is 1. The molecule has 172 valence electrons. The number of halogens is 2. The molecule has 0 heterocycles. The molecule has 8 nitrogen and oxygen atoms in total. The molecule has 0 aromatic heterocycles. The van der Waals surface area contributed by atoms with Crippen LogP contribution in [0.1, 0.15) is 21.5 Å². The van der Waals surface area contributed by atoms with Crippen LogP contribution in [0.4, 0.5) is 20.2 Å². The fourth-order valence-corrected chi connectivity index (χ4v) is 3.24. The number of ether oxygens (including phenoxy) is 3. The van der Waals surface area contributed by atoms with Crippen molar-refractivity contribution in [2.24, 2.45) is 0 Å². The number of hydrogen-bond acceptors (Lipinski definition) is 6. The molecule has 0 spiro atoms. The summed E-state index contributed by atoms with van der Waals surface area (Å²) in [5.74, 6) is -1.01. The Balaban J connectivity index is 1.93. The highest BCUT2D eigenvalue weighted by molar-refractivity contribution is 6.07. The number of anilines is 1.